The second-order valence-electron chi connectivity index (χ2n) is 6.27. The third kappa shape index (κ3) is 7.31. The number of benzene rings is 2. The van der Waals surface area contributed by atoms with Gasteiger partial charge in [0, 0.05) is 17.3 Å². The van der Waals surface area contributed by atoms with Crippen LogP contribution in [0, 0.1) is 6.92 Å². The minimum atomic E-state index is -0.870. The first-order chi connectivity index (χ1) is 14.8. The number of rotatable bonds is 8. The van der Waals surface area contributed by atoms with Crippen LogP contribution in [0.25, 0.3) is 0 Å². The fourth-order valence-corrected chi connectivity index (χ4v) is 2.53. The molecule has 9 nitrogen and oxygen atoms in total. The summed E-state index contributed by atoms with van der Waals surface area (Å²) in [5.74, 6) is -1.29. The molecule has 0 saturated carbocycles. The van der Waals surface area contributed by atoms with Crippen molar-refractivity contribution in [3.05, 3.63) is 52.5 Å². The number of carbonyl (C=O) groups excluding carboxylic acids is 3. The van der Waals surface area contributed by atoms with Gasteiger partial charge in [0.25, 0.3) is 5.91 Å². The van der Waals surface area contributed by atoms with Crippen molar-refractivity contribution in [1.29, 1.82) is 0 Å². The molecule has 0 saturated heterocycles. The van der Waals surface area contributed by atoms with E-state index in [4.69, 9.17) is 21.1 Å². The molecule has 0 fully saturated rings. The highest BCUT2D eigenvalue weighted by atomic mass is 35.5. The van der Waals surface area contributed by atoms with Crippen LogP contribution in [0.1, 0.15) is 18.1 Å². The van der Waals surface area contributed by atoms with Gasteiger partial charge in [-0.15, -0.1) is 0 Å². The average molecular weight is 447 g/mol. The number of anilines is 1. The first-order valence-electron chi connectivity index (χ1n) is 9.32. The summed E-state index contributed by atoms with van der Waals surface area (Å²) >= 11 is 6.05. The Morgan fingerprint density at radius 2 is 1.87 bits per heavy atom. The molecule has 0 aromatic heterocycles. The van der Waals surface area contributed by atoms with Gasteiger partial charge in [0.2, 0.25) is 0 Å². The predicted molar refractivity (Wildman–Crippen MR) is 118 cm³/mol. The lowest BCUT2D eigenvalue weighted by Gasteiger charge is -2.12. The summed E-state index contributed by atoms with van der Waals surface area (Å²) in [4.78, 5) is 35.0. The van der Waals surface area contributed by atoms with E-state index >= 15 is 0 Å². The third-order valence-corrected chi connectivity index (χ3v) is 4.33. The molecule has 2 aromatic carbocycles. The van der Waals surface area contributed by atoms with Crippen LogP contribution in [0.15, 0.2) is 41.5 Å². The van der Waals surface area contributed by atoms with Crippen LogP contribution in [0.5, 0.6) is 11.5 Å². The van der Waals surface area contributed by atoms with Gasteiger partial charge < -0.3 is 20.1 Å². The Kier molecular flexibility index (Phi) is 8.83. The van der Waals surface area contributed by atoms with Crippen molar-refractivity contribution in [1.82, 2.24) is 10.7 Å². The molecule has 3 amide bonds. The molecule has 0 atom stereocenters. The van der Waals surface area contributed by atoms with Gasteiger partial charge in [-0.1, -0.05) is 17.7 Å². The maximum Gasteiger partial charge on any atom is 0.329 e. The number of amides is 3. The molecule has 0 heterocycles. The van der Waals surface area contributed by atoms with E-state index < -0.39 is 11.8 Å². The Morgan fingerprint density at radius 3 is 2.55 bits per heavy atom. The topological polar surface area (TPSA) is 118 Å². The van der Waals surface area contributed by atoms with E-state index in [1.54, 1.807) is 43.3 Å². The van der Waals surface area contributed by atoms with Crippen molar-refractivity contribution < 1.29 is 23.9 Å². The highest BCUT2D eigenvalue weighted by molar-refractivity contribution is 6.35. The van der Waals surface area contributed by atoms with E-state index in [9.17, 15) is 14.4 Å². The summed E-state index contributed by atoms with van der Waals surface area (Å²) in [5.41, 5.74) is 4.18. The van der Waals surface area contributed by atoms with Crippen LogP contribution >= 0.6 is 11.6 Å². The summed E-state index contributed by atoms with van der Waals surface area (Å²) < 4.78 is 10.8. The zero-order chi connectivity index (χ0) is 22.8. The zero-order valence-corrected chi connectivity index (χ0v) is 18.1. The molecule has 0 radical (unpaired) electrons. The minimum Gasteiger partial charge on any atom is -0.493 e. The maximum atomic E-state index is 12.1. The van der Waals surface area contributed by atoms with Gasteiger partial charge in [0.15, 0.2) is 18.1 Å². The molecule has 164 valence electrons. The molecule has 31 heavy (non-hydrogen) atoms. The summed E-state index contributed by atoms with van der Waals surface area (Å²) in [6.07, 6.45) is 1.34. The van der Waals surface area contributed by atoms with Crippen molar-refractivity contribution in [2.75, 3.05) is 25.6 Å². The van der Waals surface area contributed by atoms with Crippen molar-refractivity contribution in [2.24, 2.45) is 5.10 Å². The van der Waals surface area contributed by atoms with Crippen molar-refractivity contribution >= 4 is 41.2 Å². The summed E-state index contributed by atoms with van der Waals surface area (Å²) in [7, 11) is 1.45. The van der Waals surface area contributed by atoms with E-state index in [0.717, 1.165) is 5.56 Å². The van der Waals surface area contributed by atoms with Gasteiger partial charge in [-0.3, -0.25) is 14.4 Å². The first-order valence-corrected chi connectivity index (χ1v) is 9.70. The highest BCUT2D eigenvalue weighted by Gasteiger charge is 2.11. The average Bonchev–Trinajstić information content (AvgIpc) is 2.75. The van der Waals surface area contributed by atoms with Gasteiger partial charge in [-0.05, 0) is 55.3 Å². The van der Waals surface area contributed by atoms with E-state index in [1.807, 2.05) is 6.92 Å². The lowest BCUT2D eigenvalue weighted by atomic mass is 10.2. The van der Waals surface area contributed by atoms with Crippen LogP contribution < -0.4 is 25.5 Å². The molecule has 2 rings (SSSR count). The number of carbonyl (C=O) groups is 3. The molecule has 0 aliphatic heterocycles. The van der Waals surface area contributed by atoms with Crippen LogP contribution in [0.3, 0.4) is 0 Å². The number of nitrogens with one attached hydrogen (secondary N) is 3. The maximum absolute atomic E-state index is 12.1. The number of methoxy groups -OCH3 is 1. The molecule has 3 N–H and O–H groups in total. The zero-order valence-electron chi connectivity index (χ0n) is 17.3. The van der Waals surface area contributed by atoms with Crippen LogP contribution in [-0.2, 0) is 14.4 Å². The van der Waals surface area contributed by atoms with Gasteiger partial charge in [0.1, 0.15) is 0 Å². The number of likely N-dealkylation sites (N-methyl/N-ethyl adjacent to an activating group) is 1. The lowest BCUT2D eigenvalue weighted by Crippen LogP contribution is -2.37. The Morgan fingerprint density at radius 1 is 1.10 bits per heavy atom. The van der Waals surface area contributed by atoms with E-state index in [0.29, 0.717) is 34.3 Å². The molecular formula is C21H23ClN4O5. The van der Waals surface area contributed by atoms with E-state index in [-0.39, 0.29) is 12.5 Å². The van der Waals surface area contributed by atoms with Crippen LogP contribution in [0.4, 0.5) is 5.69 Å². The monoisotopic (exact) mass is 446 g/mol. The number of nitrogens with zero attached hydrogens (tertiary/aromatic N) is 1. The molecule has 0 aliphatic rings. The molecule has 2 aromatic rings. The molecule has 10 heteroatoms. The van der Waals surface area contributed by atoms with E-state index in [2.05, 4.69) is 21.2 Å². The molecule has 0 aliphatic carbocycles. The molecule has 0 spiro atoms. The number of hydrogen-bond acceptors (Lipinski definition) is 6. The Bertz CT molecular complexity index is 994. The molecule has 0 bridgehead atoms. The Balaban J connectivity index is 1.94. The Labute approximate surface area is 184 Å². The number of ether oxygens (including phenoxy) is 2. The van der Waals surface area contributed by atoms with Gasteiger partial charge in [0.05, 0.1) is 13.3 Å². The molecule has 0 unspecified atom stereocenters. The smallest absolute Gasteiger partial charge is 0.329 e. The SMILES string of the molecule is CCNC(=O)C(=O)N/N=C\c1ccc(OCC(=O)Nc2ccc(C)c(Cl)c2)c(OC)c1. The summed E-state index contributed by atoms with van der Waals surface area (Å²) in [6.45, 7) is 3.67. The third-order valence-electron chi connectivity index (χ3n) is 3.93. The van der Waals surface area contributed by atoms with Crippen molar-refractivity contribution in [2.45, 2.75) is 13.8 Å². The molecular weight excluding hydrogens is 424 g/mol. The summed E-state index contributed by atoms with van der Waals surface area (Å²) in [5, 5.41) is 9.35. The fraction of sp³-hybridized carbons (Fsp3) is 0.238. The van der Waals surface area contributed by atoms with Crippen LogP contribution in [0.2, 0.25) is 5.02 Å². The van der Waals surface area contributed by atoms with Crippen molar-refractivity contribution in [3.63, 3.8) is 0 Å². The number of halogens is 1. The Hall–Kier alpha value is -3.59. The number of aryl methyl sites for hydroxylation is 1. The summed E-state index contributed by atoms with van der Waals surface area (Å²) in [6, 6.07) is 10.1. The largest absolute Gasteiger partial charge is 0.493 e. The first kappa shape index (κ1) is 23.7. The van der Waals surface area contributed by atoms with Gasteiger partial charge in [-0.2, -0.15) is 5.10 Å². The van der Waals surface area contributed by atoms with Crippen LogP contribution in [-0.4, -0.2) is 44.2 Å². The quantitative estimate of drug-likeness (QED) is 0.326. The predicted octanol–water partition coefficient (Wildman–Crippen LogP) is 2.26. The minimum absolute atomic E-state index is 0.238. The second-order valence-corrected chi connectivity index (χ2v) is 6.68. The van der Waals surface area contributed by atoms with E-state index in [1.165, 1.54) is 13.3 Å². The number of hydrazone groups is 1. The van der Waals surface area contributed by atoms with Gasteiger partial charge in [-0.25, -0.2) is 5.43 Å². The highest BCUT2D eigenvalue weighted by Crippen LogP contribution is 2.27. The lowest BCUT2D eigenvalue weighted by molar-refractivity contribution is -0.139. The van der Waals surface area contributed by atoms with Gasteiger partial charge >= 0.3 is 11.8 Å². The normalized spacial score (nSPS) is 10.5. The number of hydrogen-bond donors (Lipinski definition) is 3. The van der Waals surface area contributed by atoms with Crippen molar-refractivity contribution in [3.8, 4) is 11.5 Å². The second kappa shape index (κ2) is 11.6. The fourth-order valence-electron chi connectivity index (χ4n) is 2.35. The standard InChI is InChI=1S/C21H23ClN4O5/c1-4-23-20(28)21(29)26-24-11-14-6-8-17(18(9-14)30-3)31-12-19(27)25-15-7-5-13(2)16(22)10-15/h5-11H,4,12H2,1-3H3,(H,23,28)(H,25,27)(H,26,29)/b24-11-.